The molecule has 0 saturated carbocycles. The standard InChI is InChI=1S/C32H36F2N2O2.C2H5F2P/c1-23(34)29(8-4-19-37-2)31-7-3-6-26-20-24(21-35)9-14-30(26)32(31)25-10-12-27(13-11-25)38-28-15-18-36(22-28)17-5-16-33;1-2(3,4)5/h4,8-14,20,28H,3,5-7,15-19,22H2,1-2H3;5H2,1H3/b8-4-,29-23-;. The molecule has 1 aliphatic carbocycles. The molecule has 9 heteroatoms. The van der Waals surface area contributed by atoms with E-state index in [2.05, 4.69) is 11.0 Å². The lowest BCUT2D eigenvalue weighted by Gasteiger charge is -2.19. The van der Waals surface area contributed by atoms with Gasteiger partial charge in [-0.05, 0) is 91.1 Å². The Balaban J connectivity index is 0.000000934. The van der Waals surface area contributed by atoms with Gasteiger partial charge in [0.1, 0.15) is 17.7 Å². The van der Waals surface area contributed by atoms with Crippen molar-refractivity contribution in [1.82, 2.24) is 4.90 Å². The van der Waals surface area contributed by atoms with Crippen LogP contribution in [-0.4, -0.2) is 56.7 Å². The fraction of sp³-hybridized carbons (Fsp3) is 0.441. The van der Waals surface area contributed by atoms with E-state index in [-0.39, 0.29) is 18.6 Å². The highest BCUT2D eigenvalue weighted by atomic mass is 31.0. The molecule has 0 radical (unpaired) electrons. The Bertz CT molecular complexity index is 1330. The summed E-state index contributed by atoms with van der Waals surface area (Å²) in [5, 5.41) is 9.46. The molecule has 4 rings (SSSR count). The Hall–Kier alpha value is -2.98. The highest BCUT2D eigenvalue weighted by Crippen LogP contribution is 2.40. The van der Waals surface area contributed by atoms with Crippen molar-refractivity contribution in [2.24, 2.45) is 0 Å². The summed E-state index contributed by atoms with van der Waals surface area (Å²) in [6, 6.07) is 16.1. The van der Waals surface area contributed by atoms with Gasteiger partial charge in [-0.2, -0.15) is 5.26 Å². The summed E-state index contributed by atoms with van der Waals surface area (Å²) in [4.78, 5) is 2.25. The van der Waals surface area contributed by atoms with Crippen molar-refractivity contribution in [2.45, 2.75) is 57.7 Å². The third-order valence-electron chi connectivity index (χ3n) is 7.20. The number of nitrogens with zero attached hydrogens (tertiary/aromatic N) is 2. The summed E-state index contributed by atoms with van der Waals surface area (Å²) in [5.41, 5.74) is 3.68. The number of fused-ring (bicyclic) bond motifs is 1. The summed E-state index contributed by atoms with van der Waals surface area (Å²) < 4.78 is 60.9. The van der Waals surface area contributed by atoms with Crippen LogP contribution in [0, 0.1) is 11.3 Å². The number of nitriles is 1. The molecule has 2 aromatic rings. The summed E-state index contributed by atoms with van der Waals surface area (Å²) in [6.45, 7) is 4.93. The predicted octanol–water partition coefficient (Wildman–Crippen LogP) is 8.43. The zero-order chi connectivity index (χ0) is 31.4. The van der Waals surface area contributed by atoms with E-state index in [1.165, 1.54) is 16.2 Å². The first-order valence-corrected chi connectivity index (χ1v) is 15.1. The van der Waals surface area contributed by atoms with Gasteiger partial charge < -0.3 is 9.47 Å². The molecule has 1 fully saturated rings. The molecule has 0 spiro atoms. The Morgan fingerprint density at radius 2 is 1.91 bits per heavy atom. The Kier molecular flexibility index (Phi) is 13.4. The lowest BCUT2D eigenvalue weighted by molar-refractivity contribution is 0.128. The summed E-state index contributed by atoms with van der Waals surface area (Å²) in [6.07, 6.45) is 7.62. The second-order valence-electron chi connectivity index (χ2n) is 10.8. The second-order valence-corrected chi connectivity index (χ2v) is 11.9. The predicted molar refractivity (Wildman–Crippen MR) is 168 cm³/mol. The van der Waals surface area contributed by atoms with Gasteiger partial charge in [0.05, 0.1) is 24.9 Å². The highest BCUT2D eigenvalue weighted by molar-refractivity contribution is 7.18. The summed E-state index contributed by atoms with van der Waals surface area (Å²) in [7, 11) is 3.00. The van der Waals surface area contributed by atoms with Crippen molar-refractivity contribution >= 4 is 14.8 Å². The van der Waals surface area contributed by atoms with E-state index in [0.29, 0.717) is 24.2 Å². The van der Waals surface area contributed by atoms with Crippen LogP contribution in [0.3, 0.4) is 0 Å². The third kappa shape index (κ3) is 10.9. The van der Waals surface area contributed by atoms with Gasteiger partial charge in [0, 0.05) is 39.2 Å². The maximum atomic E-state index is 15.0. The van der Waals surface area contributed by atoms with Gasteiger partial charge in [-0.1, -0.05) is 39.6 Å². The molecule has 4 nitrogen and oxygen atoms in total. The van der Waals surface area contributed by atoms with E-state index in [0.717, 1.165) is 85.8 Å². The minimum absolute atomic E-state index is 0.0906. The molecule has 232 valence electrons. The van der Waals surface area contributed by atoms with Crippen molar-refractivity contribution in [3.05, 3.63) is 93.8 Å². The van der Waals surface area contributed by atoms with Crippen LogP contribution in [0.25, 0.3) is 5.57 Å². The number of hydrogen-bond acceptors (Lipinski definition) is 4. The number of aryl methyl sites for hydroxylation is 1. The number of alkyl halides is 3. The smallest absolute Gasteiger partial charge is 0.256 e. The maximum Gasteiger partial charge on any atom is 0.256 e. The van der Waals surface area contributed by atoms with Gasteiger partial charge in [0.2, 0.25) is 0 Å². The zero-order valence-corrected chi connectivity index (χ0v) is 26.3. The first kappa shape index (κ1) is 34.5. The maximum absolute atomic E-state index is 15.0. The molecule has 2 aromatic carbocycles. The highest BCUT2D eigenvalue weighted by Gasteiger charge is 2.25. The molecule has 43 heavy (non-hydrogen) atoms. The van der Waals surface area contributed by atoms with Crippen LogP contribution in [0.1, 0.15) is 61.8 Å². The number of methoxy groups -OCH3 is 1. The van der Waals surface area contributed by atoms with Gasteiger partial charge in [0.15, 0.2) is 0 Å². The minimum atomic E-state index is -2.58. The molecule has 2 aliphatic rings. The average Bonchev–Trinajstić information content (AvgIpc) is 3.32. The van der Waals surface area contributed by atoms with E-state index in [1.807, 2.05) is 54.6 Å². The fourth-order valence-electron chi connectivity index (χ4n) is 5.41. The molecule has 0 N–H and O–H groups in total. The number of halogens is 4. The van der Waals surface area contributed by atoms with Gasteiger partial charge in [-0.15, -0.1) is 0 Å². The molecule has 1 heterocycles. The largest absolute Gasteiger partial charge is 0.489 e. The Morgan fingerprint density at radius 3 is 2.53 bits per heavy atom. The first-order chi connectivity index (χ1) is 20.5. The summed E-state index contributed by atoms with van der Waals surface area (Å²) >= 11 is 0. The lowest BCUT2D eigenvalue weighted by atomic mass is 9.87. The zero-order valence-electron chi connectivity index (χ0n) is 25.1. The van der Waals surface area contributed by atoms with Crippen LogP contribution in [-0.2, 0) is 11.2 Å². The monoisotopic (exact) mass is 616 g/mol. The second kappa shape index (κ2) is 16.8. The van der Waals surface area contributed by atoms with Crippen LogP contribution >= 0.6 is 9.24 Å². The van der Waals surface area contributed by atoms with Gasteiger partial charge in [0.25, 0.3) is 5.66 Å². The van der Waals surface area contributed by atoms with Crippen molar-refractivity contribution in [3.8, 4) is 11.8 Å². The van der Waals surface area contributed by atoms with E-state index in [4.69, 9.17) is 9.47 Å². The van der Waals surface area contributed by atoms with E-state index >= 15 is 0 Å². The number of ether oxygens (including phenoxy) is 2. The van der Waals surface area contributed by atoms with E-state index in [9.17, 15) is 22.8 Å². The molecular weight excluding hydrogens is 575 g/mol. The van der Waals surface area contributed by atoms with Gasteiger partial charge in [-0.25, -0.2) is 13.2 Å². The number of allylic oxidation sites excluding steroid dienone is 4. The number of hydrogen-bond donors (Lipinski definition) is 0. The van der Waals surface area contributed by atoms with E-state index in [1.54, 1.807) is 7.11 Å². The van der Waals surface area contributed by atoms with Crippen LogP contribution < -0.4 is 4.74 Å². The third-order valence-corrected chi connectivity index (χ3v) is 7.20. The van der Waals surface area contributed by atoms with Crippen LogP contribution in [0.4, 0.5) is 17.6 Å². The van der Waals surface area contributed by atoms with Crippen molar-refractivity contribution in [1.29, 1.82) is 5.26 Å². The number of benzene rings is 2. The Labute approximate surface area is 255 Å². The fourth-order valence-corrected chi connectivity index (χ4v) is 5.41. The van der Waals surface area contributed by atoms with Crippen molar-refractivity contribution in [3.63, 3.8) is 0 Å². The van der Waals surface area contributed by atoms with Crippen molar-refractivity contribution < 1.29 is 27.0 Å². The van der Waals surface area contributed by atoms with Gasteiger partial charge >= 0.3 is 0 Å². The Morgan fingerprint density at radius 1 is 1.19 bits per heavy atom. The number of likely N-dealkylation sites (tertiary alicyclic amines) is 1. The average molecular weight is 617 g/mol. The molecule has 0 amide bonds. The SMILES string of the molecule is CC(F)(F)P.COC/C=C\C(C1=C(c2ccc(OC3CCN(CCCF)C3)cc2)c2ccc(C#N)cc2CCC1)=C(/C)F. The number of rotatable bonds is 10. The van der Waals surface area contributed by atoms with Gasteiger partial charge in [-0.3, -0.25) is 9.29 Å². The van der Waals surface area contributed by atoms with Crippen LogP contribution in [0.5, 0.6) is 5.75 Å². The normalized spacial score (nSPS) is 18.0. The molecule has 0 aromatic heterocycles. The molecule has 2 unspecified atom stereocenters. The quantitative estimate of drug-likeness (QED) is 0.153. The van der Waals surface area contributed by atoms with Crippen LogP contribution in [0.15, 0.2) is 71.6 Å². The molecule has 2 atom stereocenters. The molecular formula is C34H41F4N2O2P. The van der Waals surface area contributed by atoms with Crippen molar-refractivity contribution in [2.75, 3.05) is 40.0 Å². The molecule has 0 bridgehead atoms. The van der Waals surface area contributed by atoms with E-state index < -0.39 is 5.66 Å². The topological polar surface area (TPSA) is 45.5 Å². The lowest BCUT2D eigenvalue weighted by Crippen LogP contribution is -2.26. The molecule has 1 saturated heterocycles. The minimum Gasteiger partial charge on any atom is -0.489 e. The molecule has 1 aliphatic heterocycles. The summed E-state index contributed by atoms with van der Waals surface area (Å²) in [5.74, 6) is 0.555. The van der Waals surface area contributed by atoms with Crippen LogP contribution in [0.2, 0.25) is 0 Å². The first-order valence-electron chi connectivity index (χ1n) is 14.5.